The van der Waals surface area contributed by atoms with E-state index in [4.69, 9.17) is 6.42 Å². The zero-order chi connectivity index (χ0) is 16.9. The summed E-state index contributed by atoms with van der Waals surface area (Å²) >= 11 is 0. The van der Waals surface area contributed by atoms with E-state index in [1.807, 2.05) is 13.8 Å². The van der Waals surface area contributed by atoms with Crippen LogP contribution in [-0.4, -0.2) is 49.2 Å². The van der Waals surface area contributed by atoms with E-state index in [0.29, 0.717) is 25.9 Å². The van der Waals surface area contributed by atoms with E-state index in [-0.39, 0.29) is 24.0 Å². The van der Waals surface area contributed by atoms with Crippen LogP contribution in [-0.2, 0) is 10.0 Å². The molecule has 0 aromatic carbocycles. The predicted molar refractivity (Wildman–Crippen MR) is 87.8 cm³/mol. The molecule has 22 heavy (non-hydrogen) atoms. The van der Waals surface area contributed by atoms with Gasteiger partial charge in [-0.15, -0.1) is 6.42 Å². The van der Waals surface area contributed by atoms with Gasteiger partial charge >= 0.3 is 6.03 Å². The van der Waals surface area contributed by atoms with Crippen molar-refractivity contribution in [2.75, 3.05) is 13.1 Å². The van der Waals surface area contributed by atoms with E-state index in [2.05, 4.69) is 16.6 Å². The van der Waals surface area contributed by atoms with Crippen LogP contribution in [0.5, 0.6) is 0 Å². The molecular formula is C15H27N3O3S. The number of hydrogen-bond donors (Lipinski definition) is 2. The van der Waals surface area contributed by atoms with Gasteiger partial charge in [0.2, 0.25) is 10.0 Å². The molecule has 0 aromatic heterocycles. The molecule has 7 heteroatoms. The van der Waals surface area contributed by atoms with Crippen LogP contribution in [0.2, 0.25) is 0 Å². The molecule has 6 nitrogen and oxygen atoms in total. The number of nitrogens with zero attached hydrogens (tertiary/aromatic N) is 1. The number of carbonyl (C=O) groups excluding carboxylic acids is 1. The molecule has 0 bridgehead atoms. The molecular weight excluding hydrogens is 302 g/mol. The van der Waals surface area contributed by atoms with Gasteiger partial charge in [0, 0.05) is 19.1 Å². The van der Waals surface area contributed by atoms with Gasteiger partial charge < -0.3 is 10.6 Å². The minimum absolute atomic E-state index is 0.0239. The van der Waals surface area contributed by atoms with Crippen LogP contribution in [0.15, 0.2) is 0 Å². The lowest BCUT2D eigenvalue weighted by atomic mass is 10.1. The Bertz CT molecular complexity index is 515. The highest BCUT2D eigenvalue weighted by atomic mass is 32.2. The molecule has 0 saturated carbocycles. The van der Waals surface area contributed by atoms with Crippen molar-refractivity contribution in [2.45, 2.75) is 57.9 Å². The van der Waals surface area contributed by atoms with Crippen LogP contribution in [0.25, 0.3) is 0 Å². The molecule has 126 valence electrons. The standard InChI is InChI=1S/C15H27N3O3S/c1-6-14(11(2)3)17-15(19)16-13-7-9-18(10-8-13)22(20,21)12(4)5/h1,11-14H,7-10H2,2-5H3,(H2,16,17,19). The fourth-order valence-corrected chi connectivity index (χ4v) is 3.64. The van der Waals surface area contributed by atoms with Gasteiger partial charge in [-0.3, -0.25) is 0 Å². The summed E-state index contributed by atoms with van der Waals surface area (Å²) in [6.45, 7) is 8.13. The summed E-state index contributed by atoms with van der Waals surface area (Å²) < 4.78 is 25.7. The van der Waals surface area contributed by atoms with Gasteiger partial charge in [0.15, 0.2) is 0 Å². The molecule has 1 rings (SSSR count). The van der Waals surface area contributed by atoms with Gasteiger partial charge in [-0.1, -0.05) is 19.8 Å². The number of hydrogen-bond acceptors (Lipinski definition) is 3. The van der Waals surface area contributed by atoms with Crippen molar-refractivity contribution in [3.05, 3.63) is 0 Å². The lowest BCUT2D eigenvalue weighted by Crippen LogP contribution is -2.52. The largest absolute Gasteiger partial charge is 0.335 e. The van der Waals surface area contributed by atoms with E-state index in [0.717, 1.165) is 0 Å². The molecule has 1 unspecified atom stereocenters. The Morgan fingerprint density at radius 2 is 1.77 bits per heavy atom. The van der Waals surface area contributed by atoms with Crippen molar-refractivity contribution in [1.29, 1.82) is 0 Å². The van der Waals surface area contributed by atoms with Crippen LogP contribution in [0, 0.1) is 18.3 Å². The second kappa shape index (κ2) is 7.84. The van der Waals surface area contributed by atoms with Gasteiger partial charge in [-0.05, 0) is 32.6 Å². The molecule has 0 radical (unpaired) electrons. The topological polar surface area (TPSA) is 78.5 Å². The number of nitrogens with one attached hydrogen (secondary N) is 2. The van der Waals surface area contributed by atoms with Gasteiger partial charge in [0.1, 0.15) is 0 Å². The summed E-state index contributed by atoms with van der Waals surface area (Å²) in [5.74, 6) is 2.71. The number of rotatable bonds is 5. The minimum Gasteiger partial charge on any atom is -0.335 e. The lowest BCUT2D eigenvalue weighted by molar-refractivity contribution is 0.223. The number of sulfonamides is 1. The Morgan fingerprint density at radius 3 is 2.18 bits per heavy atom. The highest BCUT2D eigenvalue weighted by Gasteiger charge is 2.30. The third-order valence-electron chi connectivity index (χ3n) is 3.88. The first-order valence-corrected chi connectivity index (χ1v) is 9.21. The van der Waals surface area contributed by atoms with E-state index in [1.54, 1.807) is 13.8 Å². The third kappa shape index (κ3) is 4.89. The number of piperidine rings is 1. The van der Waals surface area contributed by atoms with Crippen LogP contribution in [0.1, 0.15) is 40.5 Å². The summed E-state index contributed by atoms with van der Waals surface area (Å²) in [5, 5.41) is 5.21. The smallest absolute Gasteiger partial charge is 0.315 e. The summed E-state index contributed by atoms with van der Waals surface area (Å²) in [5.41, 5.74) is 0. The highest BCUT2D eigenvalue weighted by Crippen LogP contribution is 2.17. The summed E-state index contributed by atoms with van der Waals surface area (Å²) in [6, 6.07) is -0.618. The molecule has 1 heterocycles. The second-order valence-electron chi connectivity index (χ2n) is 6.27. The molecule has 1 saturated heterocycles. The molecule has 1 fully saturated rings. The fraction of sp³-hybridized carbons (Fsp3) is 0.800. The van der Waals surface area contributed by atoms with Crippen molar-refractivity contribution in [2.24, 2.45) is 5.92 Å². The average Bonchev–Trinajstić information content (AvgIpc) is 2.44. The van der Waals surface area contributed by atoms with Crippen molar-refractivity contribution < 1.29 is 13.2 Å². The van der Waals surface area contributed by atoms with Gasteiger partial charge in [0.05, 0.1) is 11.3 Å². The number of amides is 2. The summed E-state index contributed by atoms with van der Waals surface area (Å²) in [4.78, 5) is 11.9. The van der Waals surface area contributed by atoms with Crippen molar-refractivity contribution in [3.8, 4) is 12.3 Å². The normalized spacial score (nSPS) is 19.0. The number of urea groups is 1. The molecule has 0 spiro atoms. The molecule has 0 aromatic rings. The lowest BCUT2D eigenvalue weighted by Gasteiger charge is -2.33. The van der Waals surface area contributed by atoms with Crippen LogP contribution < -0.4 is 10.6 Å². The summed E-state index contributed by atoms with van der Waals surface area (Å²) in [7, 11) is -3.21. The Balaban J connectivity index is 2.47. The van der Waals surface area contributed by atoms with Crippen molar-refractivity contribution in [1.82, 2.24) is 14.9 Å². The third-order valence-corrected chi connectivity index (χ3v) is 6.15. The Kier molecular flexibility index (Phi) is 6.69. The maximum atomic E-state index is 12.1. The van der Waals surface area contributed by atoms with Crippen LogP contribution in [0.3, 0.4) is 0 Å². The maximum Gasteiger partial charge on any atom is 0.315 e. The molecule has 2 amide bonds. The first-order valence-electron chi connectivity index (χ1n) is 7.70. The monoisotopic (exact) mass is 329 g/mol. The Hall–Kier alpha value is -1.26. The molecule has 1 atom stereocenters. The Morgan fingerprint density at radius 1 is 1.23 bits per heavy atom. The van der Waals surface area contributed by atoms with Crippen LogP contribution >= 0.6 is 0 Å². The molecule has 1 aliphatic heterocycles. The number of carbonyl (C=O) groups is 1. The van der Waals surface area contributed by atoms with E-state index >= 15 is 0 Å². The van der Waals surface area contributed by atoms with Gasteiger partial charge in [0.25, 0.3) is 0 Å². The zero-order valence-corrected chi connectivity index (χ0v) is 14.6. The minimum atomic E-state index is -3.21. The predicted octanol–water partition coefficient (Wildman–Crippen LogP) is 1.15. The highest BCUT2D eigenvalue weighted by molar-refractivity contribution is 7.89. The second-order valence-corrected chi connectivity index (χ2v) is 8.76. The van der Waals surface area contributed by atoms with Crippen molar-refractivity contribution in [3.63, 3.8) is 0 Å². The Labute approximate surface area is 134 Å². The zero-order valence-electron chi connectivity index (χ0n) is 13.8. The molecule has 0 aliphatic carbocycles. The molecule has 2 N–H and O–H groups in total. The maximum absolute atomic E-state index is 12.1. The van der Waals surface area contributed by atoms with E-state index in [1.165, 1.54) is 4.31 Å². The molecule has 1 aliphatic rings. The first-order chi connectivity index (χ1) is 10.2. The fourth-order valence-electron chi connectivity index (χ4n) is 2.32. The first kappa shape index (κ1) is 18.8. The number of terminal acetylenes is 1. The summed E-state index contributed by atoms with van der Waals surface area (Å²) in [6.07, 6.45) is 6.61. The average molecular weight is 329 g/mol. The SMILES string of the molecule is C#CC(NC(=O)NC1CCN(S(=O)(=O)C(C)C)CC1)C(C)C. The quantitative estimate of drug-likeness (QED) is 0.743. The van der Waals surface area contributed by atoms with Crippen LogP contribution in [0.4, 0.5) is 4.79 Å². The van der Waals surface area contributed by atoms with E-state index in [9.17, 15) is 13.2 Å². The van der Waals surface area contributed by atoms with Gasteiger partial charge in [-0.2, -0.15) is 0 Å². The van der Waals surface area contributed by atoms with Gasteiger partial charge in [-0.25, -0.2) is 17.5 Å². The van der Waals surface area contributed by atoms with E-state index < -0.39 is 15.3 Å². The van der Waals surface area contributed by atoms with Crippen molar-refractivity contribution >= 4 is 16.1 Å².